The van der Waals surface area contributed by atoms with E-state index >= 15 is 0 Å². The van der Waals surface area contributed by atoms with Gasteiger partial charge in [0, 0.05) is 5.02 Å². The fraction of sp³-hybridized carbons (Fsp3) is 0.176. The van der Waals surface area contributed by atoms with Crippen LogP contribution in [0.25, 0.3) is 0 Å². The van der Waals surface area contributed by atoms with Crippen molar-refractivity contribution < 1.29 is 27.8 Å². The molecule has 2 rings (SSSR count). The van der Waals surface area contributed by atoms with Crippen molar-refractivity contribution in [3.05, 3.63) is 64.7 Å². The minimum absolute atomic E-state index is 0.0248. The molecule has 0 spiro atoms. The highest BCUT2D eigenvalue weighted by Crippen LogP contribution is 2.20. The molecule has 0 heterocycles. The monoisotopic (exact) mass is 369 g/mol. The number of para-hydroxylation sites is 1. The Bertz CT molecular complexity index is 738. The molecule has 5 nitrogen and oxygen atoms in total. The molecule has 0 aliphatic heterocycles. The number of carbonyl (C=O) groups is 2. The van der Waals surface area contributed by atoms with E-state index in [1.165, 1.54) is 24.3 Å². The lowest BCUT2D eigenvalue weighted by Crippen LogP contribution is -2.31. The molecule has 1 amide bonds. The lowest BCUT2D eigenvalue weighted by Gasteiger charge is -2.11. The van der Waals surface area contributed by atoms with Crippen molar-refractivity contribution in [2.75, 3.05) is 6.54 Å². The van der Waals surface area contributed by atoms with Gasteiger partial charge in [-0.1, -0.05) is 35.9 Å². The summed E-state index contributed by atoms with van der Waals surface area (Å²) in [5.74, 6) is -1.67. The molecule has 0 radical (unpaired) electrons. The molecule has 0 aromatic heterocycles. The number of nitrogens with one attached hydrogen (secondary N) is 1. The third-order valence-corrected chi connectivity index (χ3v) is 3.31. The van der Waals surface area contributed by atoms with E-state index < -0.39 is 25.0 Å². The number of halogens is 3. The zero-order valence-corrected chi connectivity index (χ0v) is 13.6. The first-order valence-corrected chi connectivity index (χ1v) is 7.55. The van der Waals surface area contributed by atoms with Crippen LogP contribution in [-0.2, 0) is 16.1 Å². The number of alkyl halides is 2. The molecule has 0 atom stereocenters. The van der Waals surface area contributed by atoms with Crippen molar-refractivity contribution in [3.63, 3.8) is 0 Å². The van der Waals surface area contributed by atoms with Gasteiger partial charge < -0.3 is 14.8 Å². The Morgan fingerprint density at radius 3 is 2.44 bits per heavy atom. The molecule has 8 heteroatoms. The molecule has 2 aromatic rings. The van der Waals surface area contributed by atoms with Gasteiger partial charge in [-0.3, -0.25) is 9.59 Å². The van der Waals surface area contributed by atoms with Crippen LogP contribution in [0.5, 0.6) is 5.75 Å². The Labute approximate surface area is 147 Å². The van der Waals surface area contributed by atoms with E-state index in [0.29, 0.717) is 5.02 Å². The fourth-order valence-electron chi connectivity index (χ4n) is 1.90. The van der Waals surface area contributed by atoms with E-state index in [2.05, 4.69) is 10.1 Å². The molecule has 0 unspecified atom stereocenters. The minimum atomic E-state index is -3.06. The maximum atomic E-state index is 12.3. The smallest absolute Gasteiger partial charge is 0.387 e. The summed E-state index contributed by atoms with van der Waals surface area (Å²) in [5, 5.41) is 2.86. The summed E-state index contributed by atoms with van der Waals surface area (Å²) < 4.78 is 33.9. The molecule has 1 N–H and O–H groups in total. The molecule has 0 aliphatic carbocycles. The minimum Gasteiger partial charge on any atom is -0.460 e. The first-order valence-electron chi connectivity index (χ1n) is 7.18. The van der Waals surface area contributed by atoms with Crippen LogP contribution in [-0.4, -0.2) is 25.0 Å². The van der Waals surface area contributed by atoms with Crippen molar-refractivity contribution in [3.8, 4) is 5.75 Å². The maximum absolute atomic E-state index is 12.3. The van der Waals surface area contributed by atoms with E-state index in [1.807, 2.05) is 0 Å². The van der Waals surface area contributed by atoms with E-state index in [1.54, 1.807) is 24.3 Å². The molecule has 0 saturated carbocycles. The quantitative estimate of drug-likeness (QED) is 0.760. The van der Waals surface area contributed by atoms with Crippen LogP contribution in [0.15, 0.2) is 48.5 Å². The normalized spacial score (nSPS) is 10.4. The Morgan fingerprint density at radius 1 is 1.08 bits per heavy atom. The van der Waals surface area contributed by atoms with Crippen LogP contribution in [0.3, 0.4) is 0 Å². The predicted molar refractivity (Wildman–Crippen MR) is 86.7 cm³/mol. The summed E-state index contributed by atoms with van der Waals surface area (Å²) in [4.78, 5) is 23.7. The van der Waals surface area contributed by atoms with Crippen molar-refractivity contribution in [1.82, 2.24) is 5.32 Å². The second kappa shape index (κ2) is 8.98. The van der Waals surface area contributed by atoms with Gasteiger partial charge in [0.05, 0.1) is 5.56 Å². The molecule has 25 heavy (non-hydrogen) atoms. The van der Waals surface area contributed by atoms with Crippen LogP contribution >= 0.6 is 11.6 Å². The number of hydrogen-bond acceptors (Lipinski definition) is 4. The second-order valence-electron chi connectivity index (χ2n) is 4.84. The SMILES string of the molecule is O=C(CNC(=O)c1ccccc1OC(F)F)OCc1ccc(Cl)cc1. The summed E-state index contributed by atoms with van der Waals surface area (Å²) in [6, 6.07) is 12.2. The summed E-state index contributed by atoms with van der Waals surface area (Å²) >= 11 is 5.75. The van der Waals surface area contributed by atoms with Gasteiger partial charge >= 0.3 is 12.6 Å². The van der Waals surface area contributed by atoms with Gasteiger partial charge in [0.1, 0.15) is 18.9 Å². The van der Waals surface area contributed by atoms with E-state index in [9.17, 15) is 18.4 Å². The second-order valence-corrected chi connectivity index (χ2v) is 5.28. The van der Waals surface area contributed by atoms with Crippen LogP contribution in [0.2, 0.25) is 5.02 Å². The first-order chi connectivity index (χ1) is 12.0. The van der Waals surface area contributed by atoms with Gasteiger partial charge in [0.25, 0.3) is 5.91 Å². The number of benzene rings is 2. The Morgan fingerprint density at radius 2 is 1.76 bits per heavy atom. The Balaban J connectivity index is 1.85. The Hall–Kier alpha value is -2.67. The molecule has 0 fully saturated rings. The predicted octanol–water partition coefficient (Wildman–Crippen LogP) is 3.41. The van der Waals surface area contributed by atoms with Crippen molar-refractivity contribution >= 4 is 23.5 Å². The summed E-state index contributed by atoms with van der Waals surface area (Å²) in [5.41, 5.74) is 0.632. The number of rotatable bonds is 7. The van der Waals surface area contributed by atoms with Crippen LogP contribution in [0.1, 0.15) is 15.9 Å². The van der Waals surface area contributed by atoms with E-state index in [-0.39, 0.29) is 17.9 Å². The fourth-order valence-corrected chi connectivity index (χ4v) is 2.02. The van der Waals surface area contributed by atoms with Gasteiger partial charge in [-0.15, -0.1) is 0 Å². The molecular weight excluding hydrogens is 356 g/mol. The highest BCUT2D eigenvalue weighted by atomic mass is 35.5. The number of hydrogen-bond donors (Lipinski definition) is 1. The highest BCUT2D eigenvalue weighted by molar-refractivity contribution is 6.30. The first kappa shape index (κ1) is 18.7. The summed E-state index contributed by atoms with van der Waals surface area (Å²) in [6.07, 6.45) is 0. The third kappa shape index (κ3) is 6.04. The average molecular weight is 370 g/mol. The Kier molecular flexibility index (Phi) is 6.71. The summed E-state index contributed by atoms with van der Waals surface area (Å²) in [6.45, 7) is -3.44. The van der Waals surface area contributed by atoms with Crippen LogP contribution in [0.4, 0.5) is 8.78 Å². The number of esters is 1. The number of amides is 1. The lowest BCUT2D eigenvalue weighted by atomic mass is 10.2. The molecule has 0 bridgehead atoms. The lowest BCUT2D eigenvalue weighted by molar-refractivity contribution is -0.143. The third-order valence-electron chi connectivity index (χ3n) is 3.05. The van der Waals surface area contributed by atoms with Gasteiger partial charge in [-0.2, -0.15) is 8.78 Å². The molecule has 0 aliphatic rings. The van der Waals surface area contributed by atoms with Crippen molar-refractivity contribution in [2.24, 2.45) is 0 Å². The zero-order chi connectivity index (χ0) is 18.2. The summed E-state index contributed by atoms with van der Waals surface area (Å²) in [7, 11) is 0. The highest BCUT2D eigenvalue weighted by Gasteiger charge is 2.16. The number of carbonyl (C=O) groups excluding carboxylic acids is 2. The molecular formula is C17H14ClF2NO4. The van der Waals surface area contributed by atoms with E-state index in [4.69, 9.17) is 16.3 Å². The van der Waals surface area contributed by atoms with Gasteiger partial charge in [-0.05, 0) is 29.8 Å². The van der Waals surface area contributed by atoms with Gasteiger partial charge in [-0.25, -0.2) is 0 Å². The van der Waals surface area contributed by atoms with Crippen LogP contribution < -0.4 is 10.1 Å². The molecule has 0 saturated heterocycles. The zero-order valence-electron chi connectivity index (χ0n) is 12.9. The van der Waals surface area contributed by atoms with Crippen LogP contribution in [0, 0.1) is 0 Å². The molecule has 132 valence electrons. The van der Waals surface area contributed by atoms with Crippen molar-refractivity contribution in [1.29, 1.82) is 0 Å². The average Bonchev–Trinajstić information content (AvgIpc) is 2.59. The van der Waals surface area contributed by atoms with Gasteiger partial charge in [0.15, 0.2) is 0 Å². The number of ether oxygens (including phenoxy) is 2. The molecule has 2 aromatic carbocycles. The standard InChI is InChI=1S/C17H14ClF2NO4/c18-12-7-5-11(6-8-12)10-24-15(22)9-21-16(23)13-3-1-2-4-14(13)25-17(19)20/h1-8,17H,9-10H2,(H,21,23). The van der Waals surface area contributed by atoms with Gasteiger partial charge in [0.2, 0.25) is 0 Å². The van der Waals surface area contributed by atoms with E-state index in [0.717, 1.165) is 5.56 Å². The van der Waals surface area contributed by atoms with Crippen molar-refractivity contribution in [2.45, 2.75) is 13.2 Å². The topological polar surface area (TPSA) is 64.6 Å². The largest absolute Gasteiger partial charge is 0.460 e. The maximum Gasteiger partial charge on any atom is 0.387 e.